The van der Waals surface area contributed by atoms with Gasteiger partial charge in [0.2, 0.25) is 0 Å². The van der Waals surface area contributed by atoms with Gasteiger partial charge >= 0.3 is 6.09 Å². The van der Waals surface area contributed by atoms with Gasteiger partial charge in [0.05, 0.1) is 0 Å². The number of carbonyl (C=O) groups excluding carboxylic acids is 2. The maximum Gasteiger partial charge on any atom is 0.408 e. The van der Waals surface area contributed by atoms with Crippen LogP contribution in [0.3, 0.4) is 0 Å². The van der Waals surface area contributed by atoms with Crippen molar-refractivity contribution in [1.82, 2.24) is 5.32 Å². The monoisotopic (exact) mass is 287 g/mol. The van der Waals surface area contributed by atoms with Crippen LogP contribution in [0.5, 0.6) is 0 Å². The van der Waals surface area contributed by atoms with Crippen LogP contribution in [0, 0.1) is 5.82 Å². The summed E-state index contributed by atoms with van der Waals surface area (Å²) >= 11 is 5.83. The standard InChI is InChI=1S/C13H15ClFNO3/c1-13(2,3)19-12(18)16-11(7-17)9-5-4-8(15)6-10(9)14/h4-7,11H,1-3H3,(H,16,18). The zero-order valence-corrected chi connectivity index (χ0v) is 11.6. The van der Waals surface area contributed by atoms with Gasteiger partial charge in [-0.2, -0.15) is 0 Å². The van der Waals surface area contributed by atoms with E-state index in [-0.39, 0.29) is 5.02 Å². The second-order valence-corrected chi connectivity index (χ2v) is 5.33. The van der Waals surface area contributed by atoms with Crippen molar-refractivity contribution in [3.63, 3.8) is 0 Å². The topological polar surface area (TPSA) is 55.4 Å². The Hall–Kier alpha value is -1.62. The molecule has 4 nitrogen and oxygen atoms in total. The van der Waals surface area contributed by atoms with E-state index in [0.29, 0.717) is 11.8 Å². The van der Waals surface area contributed by atoms with Crippen molar-refractivity contribution in [2.45, 2.75) is 32.4 Å². The molecule has 19 heavy (non-hydrogen) atoms. The predicted octanol–water partition coefficient (Wildman–Crippen LogP) is 3.24. The summed E-state index contributed by atoms with van der Waals surface area (Å²) in [5.41, 5.74) is -0.367. The van der Waals surface area contributed by atoms with Crippen LogP contribution in [0.1, 0.15) is 32.4 Å². The Kier molecular flexibility index (Phi) is 4.89. The molecule has 0 fully saturated rings. The van der Waals surface area contributed by atoms with Crippen molar-refractivity contribution >= 4 is 24.0 Å². The fourth-order valence-corrected chi connectivity index (χ4v) is 1.66. The second kappa shape index (κ2) is 6.02. The van der Waals surface area contributed by atoms with Gasteiger partial charge in [0.25, 0.3) is 0 Å². The molecular formula is C13H15ClFNO3. The third kappa shape index (κ3) is 4.87. The number of benzene rings is 1. The highest BCUT2D eigenvalue weighted by atomic mass is 35.5. The van der Waals surface area contributed by atoms with Crippen molar-refractivity contribution in [1.29, 1.82) is 0 Å². The Morgan fingerprint density at radius 3 is 2.58 bits per heavy atom. The SMILES string of the molecule is CC(C)(C)OC(=O)NC(C=O)c1ccc(F)cc1Cl. The zero-order valence-electron chi connectivity index (χ0n) is 10.9. The van der Waals surface area contributed by atoms with Gasteiger partial charge in [-0.3, -0.25) is 0 Å². The van der Waals surface area contributed by atoms with Gasteiger partial charge in [0, 0.05) is 10.6 Å². The van der Waals surface area contributed by atoms with Crippen LogP contribution >= 0.6 is 11.6 Å². The van der Waals surface area contributed by atoms with Crippen molar-refractivity contribution in [2.24, 2.45) is 0 Å². The van der Waals surface area contributed by atoms with E-state index in [1.165, 1.54) is 6.07 Å². The number of aldehydes is 1. The lowest BCUT2D eigenvalue weighted by molar-refractivity contribution is -0.109. The van der Waals surface area contributed by atoms with Gasteiger partial charge in [0.15, 0.2) is 0 Å². The lowest BCUT2D eigenvalue weighted by Crippen LogP contribution is -2.35. The van der Waals surface area contributed by atoms with Gasteiger partial charge < -0.3 is 14.8 Å². The van der Waals surface area contributed by atoms with Gasteiger partial charge in [0.1, 0.15) is 23.7 Å². The number of rotatable bonds is 3. The molecule has 1 unspecified atom stereocenters. The number of hydrogen-bond donors (Lipinski definition) is 1. The first-order chi connectivity index (χ1) is 8.73. The highest BCUT2D eigenvalue weighted by Gasteiger charge is 2.21. The molecule has 0 aliphatic rings. The third-order valence-corrected chi connectivity index (χ3v) is 2.43. The maximum atomic E-state index is 12.9. The minimum Gasteiger partial charge on any atom is -0.444 e. The van der Waals surface area contributed by atoms with Crippen molar-refractivity contribution in [3.8, 4) is 0 Å². The number of hydrogen-bond acceptors (Lipinski definition) is 3. The zero-order chi connectivity index (χ0) is 14.6. The van der Waals surface area contributed by atoms with Crippen LogP contribution in [0.25, 0.3) is 0 Å². The largest absolute Gasteiger partial charge is 0.444 e. The van der Waals surface area contributed by atoms with E-state index >= 15 is 0 Å². The van der Waals surface area contributed by atoms with Gasteiger partial charge in [-0.1, -0.05) is 17.7 Å². The third-order valence-electron chi connectivity index (χ3n) is 2.11. The predicted molar refractivity (Wildman–Crippen MR) is 69.6 cm³/mol. The number of nitrogens with one attached hydrogen (secondary N) is 1. The molecule has 0 aliphatic heterocycles. The van der Waals surface area contributed by atoms with E-state index in [9.17, 15) is 14.0 Å². The van der Waals surface area contributed by atoms with E-state index < -0.39 is 23.6 Å². The molecule has 6 heteroatoms. The molecule has 0 heterocycles. The first-order valence-electron chi connectivity index (χ1n) is 5.62. The Morgan fingerprint density at radius 1 is 1.47 bits per heavy atom. The van der Waals surface area contributed by atoms with Gasteiger partial charge in [-0.25, -0.2) is 9.18 Å². The summed E-state index contributed by atoms with van der Waals surface area (Å²) < 4.78 is 17.9. The summed E-state index contributed by atoms with van der Waals surface area (Å²) in [4.78, 5) is 22.6. The smallest absolute Gasteiger partial charge is 0.408 e. The Labute approximate surface area is 115 Å². The first-order valence-corrected chi connectivity index (χ1v) is 6.00. The molecule has 1 aromatic carbocycles. The summed E-state index contributed by atoms with van der Waals surface area (Å²) in [7, 11) is 0. The summed E-state index contributed by atoms with van der Waals surface area (Å²) in [6.45, 7) is 5.11. The van der Waals surface area contributed by atoms with E-state index in [0.717, 1.165) is 12.1 Å². The Morgan fingerprint density at radius 2 is 2.11 bits per heavy atom. The summed E-state index contributed by atoms with van der Waals surface area (Å²) in [5, 5.41) is 2.43. The molecule has 0 aromatic heterocycles. The molecule has 0 spiro atoms. The molecule has 0 bridgehead atoms. The molecule has 1 amide bonds. The fourth-order valence-electron chi connectivity index (χ4n) is 1.37. The summed E-state index contributed by atoms with van der Waals surface area (Å²) in [6, 6.07) is 2.59. The van der Waals surface area contributed by atoms with Gasteiger partial charge in [-0.05, 0) is 32.9 Å². The number of halogens is 2. The van der Waals surface area contributed by atoms with Crippen LogP contribution < -0.4 is 5.32 Å². The van der Waals surface area contributed by atoms with E-state index in [1.54, 1.807) is 20.8 Å². The van der Waals surface area contributed by atoms with Crippen LogP contribution in [0.4, 0.5) is 9.18 Å². The molecule has 1 N–H and O–H groups in total. The second-order valence-electron chi connectivity index (χ2n) is 4.93. The summed E-state index contributed by atoms with van der Waals surface area (Å²) in [5.74, 6) is -0.518. The average Bonchev–Trinajstić information content (AvgIpc) is 2.24. The molecular weight excluding hydrogens is 273 g/mol. The van der Waals surface area contributed by atoms with E-state index in [2.05, 4.69) is 5.32 Å². The normalized spacial score (nSPS) is 12.7. The highest BCUT2D eigenvalue weighted by molar-refractivity contribution is 6.31. The number of ether oxygens (including phenoxy) is 1. The molecule has 104 valence electrons. The molecule has 0 saturated carbocycles. The van der Waals surface area contributed by atoms with Crippen LogP contribution in [-0.2, 0) is 9.53 Å². The van der Waals surface area contributed by atoms with Crippen LogP contribution in [0.15, 0.2) is 18.2 Å². The molecule has 1 rings (SSSR count). The van der Waals surface area contributed by atoms with Crippen molar-refractivity contribution in [2.75, 3.05) is 0 Å². The van der Waals surface area contributed by atoms with Gasteiger partial charge in [-0.15, -0.1) is 0 Å². The Balaban J connectivity index is 2.84. The van der Waals surface area contributed by atoms with E-state index in [4.69, 9.17) is 16.3 Å². The van der Waals surface area contributed by atoms with Crippen LogP contribution in [0.2, 0.25) is 5.02 Å². The number of amides is 1. The van der Waals surface area contributed by atoms with E-state index in [1.807, 2.05) is 0 Å². The van der Waals surface area contributed by atoms with Crippen molar-refractivity contribution < 1.29 is 18.7 Å². The molecule has 1 atom stereocenters. The van der Waals surface area contributed by atoms with Crippen molar-refractivity contribution in [3.05, 3.63) is 34.6 Å². The first kappa shape index (κ1) is 15.4. The number of alkyl carbamates (subject to hydrolysis) is 1. The molecule has 0 saturated heterocycles. The highest BCUT2D eigenvalue weighted by Crippen LogP contribution is 2.23. The molecule has 0 radical (unpaired) electrons. The maximum absolute atomic E-state index is 12.9. The molecule has 1 aromatic rings. The minimum atomic E-state index is -0.983. The lowest BCUT2D eigenvalue weighted by Gasteiger charge is -2.22. The molecule has 0 aliphatic carbocycles. The fraction of sp³-hybridized carbons (Fsp3) is 0.385. The summed E-state index contributed by atoms with van der Waals surface area (Å²) in [6.07, 6.45) is -0.242. The number of carbonyl (C=O) groups is 2. The quantitative estimate of drug-likeness (QED) is 0.868. The minimum absolute atomic E-state index is 0.0631. The van der Waals surface area contributed by atoms with Crippen LogP contribution in [-0.4, -0.2) is 18.0 Å². The lowest BCUT2D eigenvalue weighted by atomic mass is 10.1. The average molecular weight is 288 g/mol. The Bertz CT molecular complexity index is 485.